The third-order valence-corrected chi connectivity index (χ3v) is 4.96. The second kappa shape index (κ2) is 10.8. The first-order valence-corrected chi connectivity index (χ1v) is 9.88. The number of hydrogen-bond donors (Lipinski definition) is 1. The molecule has 0 aliphatic carbocycles. The van der Waals surface area contributed by atoms with Crippen LogP contribution < -0.4 is 15.0 Å². The first-order valence-electron chi connectivity index (χ1n) is 9.09. The van der Waals surface area contributed by atoms with E-state index in [0.29, 0.717) is 25.4 Å². The lowest BCUT2D eigenvalue weighted by atomic mass is 10.0. The number of carbonyl (C=O) groups excluding carboxylic acids is 2. The van der Waals surface area contributed by atoms with Gasteiger partial charge in [0.05, 0.1) is 7.11 Å². The van der Waals surface area contributed by atoms with Gasteiger partial charge >= 0.3 is 0 Å². The fourth-order valence-electron chi connectivity index (χ4n) is 2.96. The van der Waals surface area contributed by atoms with Gasteiger partial charge in [-0.2, -0.15) is 0 Å². The number of likely N-dealkylation sites (N-methyl/N-ethyl adjacent to an activating group) is 2. The van der Waals surface area contributed by atoms with Crippen LogP contribution in [0.15, 0.2) is 53.0 Å². The molecule has 0 aliphatic heterocycles. The van der Waals surface area contributed by atoms with Crippen LogP contribution in [0.5, 0.6) is 5.75 Å². The number of nitrogens with one attached hydrogen (secondary N) is 1. The summed E-state index contributed by atoms with van der Waals surface area (Å²) in [5, 5.41) is 2.89. The number of nitrogens with zero attached hydrogens (tertiary/aromatic N) is 2. The molecule has 0 aromatic heterocycles. The molecule has 0 radical (unpaired) electrons. The van der Waals surface area contributed by atoms with Gasteiger partial charge in [0.1, 0.15) is 11.8 Å². The summed E-state index contributed by atoms with van der Waals surface area (Å²) in [6.45, 7) is 3.42. The molecule has 0 saturated carbocycles. The first kappa shape index (κ1) is 21.9. The van der Waals surface area contributed by atoms with E-state index in [2.05, 4.69) is 21.2 Å². The van der Waals surface area contributed by atoms with Crippen molar-refractivity contribution in [1.29, 1.82) is 0 Å². The summed E-state index contributed by atoms with van der Waals surface area (Å²) in [7, 11) is 3.48. The van der Waals surface area contributed by atoms with Crippen LogP contribution in [0.25, 0.3) is 0 Å². The lowest BCUT2D eigenvalue weighted by Crippen LogP contribution is -2.42. The molecular weight excluding hydrogens is 422 g/mol. The summed E-state index contributed by atoms with van der Waals surface area (Å²) in [6.07, 6.45) is 0.809. The predicted molar refractivity (Wildman–Crippen MR) is 115 cm³/mol. The van der Waals surface area contributed by atoms with E-state index in [0.717, 1.165) is 22.1 Å². The highest BCUT2D eigenvalue weighted by molar-refractivity contribution is 9.10. The third kappa shape index (κ3) is 5.81. The Kier molecular flexibility index (Phi) is 8.47. The Morgan fingerprint density at radius 1 is 1.21 bits per heavy atom. The topological polar surface area (TPSA) is 61.9 Å². The quantitative estimate of drug-likeness (QED) is 0.567. The highest BCUT2D eigenvalue weighted by Gasteiger charge is 2.25. The van der Waals surface area contributed by atoms with Gasteiger partial charge in [-0.25, -0.2) is 0 Å². The summed E-state index contributed by atoms with van der Waals surface area (Å²) in [5.41, 5.74) is 1.65. The number of amides is 2. The van der Waals surface area contributed by atoms with Crippen LogP contribution in [0.3, 0.4) is 0 Å². The smallest absolute Gasteiger partial charge is 0.241 e. The van der Waals surface area contributed by atoms with Gasteiger partial charge in [0, 0.05) is 29.8 Å². The molecule has 0 fully saturated rings. The highest BCUT2D eigenvalue weighted by Crippen LogP contribution is 2.24. The standard InChI is InChI=1S/C21H26BrN3O3/c1-4-23-21(27)20(16-6-5-7-19(14-16)28-3)24(2)12-13-25(15-26)18-10-8-17(22)9-11-18/h5-11,14-15,20H,4,12-13H2,1-3H3,(H,23,27). The van der Waals surface area contributed by atoms with E-state index < -0.39 is 6.04 Å². The number of anilines is 1. The molecule has 1 N–H and O–H groups in total. The molecule has 1 unspecified atom stereocenters. The predicted octanol–water partition coefficient (Wildman–Crippen LogP) is 3.23. The normalized spacial score (nSPS) is 11.8. The second-order valence-corrected chi connectivity index (χ2v) is 7.25. The van der Waals surface area contributed by atoms with Crippen molar-refractivity contribution in [3.8, 4) is 5.75 Å². The van der Waals surface area contributed by atoms with Crippen LogP contribution in [0, 0.1) is 0 Å². The molecule has 0 bridgehead atoms. The van der Waals surface area contributed by atoms with Crippen molar-refractivity contribution in [1.82, 2.24) is 10.2 Å². The van der Waals surface area contributed by atoms with E-state index in [1.54, 1.807) is 12.0 Å². The molecule has 0 aliphatic rings. The van der Waals surface area contributed by atoms with E-state index >= 15 is 0 Å². The number of hydrogen-bond acceptors (Lipinski definition) is 4. The highest BCUT2D eigenvalue weighted by atomic mass is 79.9. The largest absolute Gasteiger partial charge is 0.497 e. The summed E-state index contributed by atoms with van der Waals surface area (Å²) >= 11 is 3.40. The molecule has 1 atom stereocenters. The molecule has 28 heavy (non-hydrogen) atoms. The van der Waals surface area contributed by atoms with Crippen LogP contribution in [0.1, 0.15) is 18.5 Å². The number of methoxy groups -OCH3 is 1. The minimum absolute atomic E-state index is 0.0838. The Morgan fingerprint density at radius 2 is 1.93 bits per heavy atom. The number of benzene rings is 2. The Hall–Kier alpha value is -2.38. The number of rotatable bonds is 10. The SMILES string of the molecule is CCNC(=O)C(c1cccc(OC)c1)N(C)CCN(C=O)c1ccc(Br)cc1. The van der Waals surface area contributed by atoms with Crippen molar-refractivity contribution in [3.63, 3.8) is 0 Å². The van der Waals surface area contributed by atoms with Crippen molar-refractivity contribution >= 4 is 33.9 Å². The molecule has 2 aromatic carbocycles. The molecule has 2 rings (SSSR count). The fourth-order valence-corrected chi connectivity index (χ4v) is 3.22. The van der Waals surface area contributed by atoms with Crippen LogP contribution in [0.2, 0.25) is 0 Å². The van der Waals surface area contributed by atoms with Gasteiger partial charge in [-0.1, -0.05) is 28.1 Å². The molecule has 7 heteroatoms. The van der Waals surface area contributed by atoms with Crippen molar-refractivity contribution < 1.29 is 14.3 Å². The minimum Gasteiger partial charge on any atom is -0.497 e. The summed E-state index contributed by atoms with van der Waals surface area (Å²) in [5.74, 6) is 0.615. The van der Waals surface area contributed by atoms with Crippen molar-refractivity contribution in [2.24, 2.45) is 0 Å². The van der Waals surface area contributed by atoms with Gasteiger partial charge in [0.25, 0.3) is 0 Å². The van der Waals surface area contributed by atoms with Crippen LogP contribution in [-0.2, 0) is 9.59 Å². The van der Waals surface area contributed by atoms with Gasteiger partial charge in [-0.3, -0.25) is 14.5 Å². The number of halogens is 1. The lowest BCUT2D eigenvalue weighted by molar-refractivity contribution is -0.126. The number of carbonyl (C=O) groups is 2. The van der Waals surface area contributed by atoms with Crippen molar-refractivity contribution in [2.75, 3.05) is 38.7 Å². The summed E-state index contributed by atoms with van der Waals surface area (Å²) < 4.78 is 6.25. The second-order valence-electron chi connectivity index (χ2n) is 6.33. The molecule has 0 spiro atoms. The molecule has 0 saturated heterocycles. The zero-order valence-corrected chi connectivity index (χ0v) is 18.0. The molecule has 2 aromatic rings. The molecule has 0 heterocycles. The maximum Gasteiger partial charge on any atom is 0.241 e. The van der Waals surface area contributed by atoms with E-state index in [1.165, 1.54) is 0 Å². The minimum atomic E-state index is -0.478. The fraction of sp³-hybridized carbons (Fsp3) is 0.333. The van der Waals surface area contributed by atoms with Crippen molar-refractivity contribution in [3.05, 3.63) is 58.6 Å². The van der Waals surface area contributed by atoms with Gasteiger partial charge in [-0.15, -0.1) is 0 Å². The maximum absolute atomic E-state index is 12.7. The average molecular weight is 448 g/mol. The monoisotopic (exact) mass is 447 g/mol. The van der Waals surface area contributed by atoms with Gasteiger partial charge < -0.3 is 15.0 Å². The van der Waals surface area contributed by atoms with Crippen LogP contribution >= 0.6 is 15.9 Å². The van der Waals surface area contributed by atoms with Gasteiger partial charge in [-0.05, 0) is 55.9 Å². The van der Waals surface area contributed by atoms with Gasteiger partial charge in [0.2, 0.25) is 12.3 Å². The van der Waals surface area contributed by atoms with E-state index in [-0.39, 0.29) is 5.91 Å². The third-order valence-electron chi connectivity index (χ3n) is 4.43. The summed E-state index contributed by atoms with van der Waals surface area (Å²) in [4.78, 5) is 27.9. The average Bonchev–Trinajstić information content (AvgIpc) is 2.70. The van der Waals surface area contributed by atoms with Crippen LogP contribution in [-0.4, -0.2) is 51.0 Å². The lowest BCUT2D eigenvalue weighted by Gasteiger charge is -2.29. The maximum atomic E-state index is 12.7. The Balaban J connectivity index is 2.16. The zero-order chi connectivity index (χ0) is 20.5. The number of ether oxygens (including phenoxy) is 1. The van der Waals surface area contributed by atoms with E-state index in [1.807, 2.05) is 67.4 Å². The molecule has 150 valence electrons. The Morgan fingerprint density at radius 3 is 2.54 bits per heavy atom. The Bertz CT molecular complexity index is 783. The molecule has 2 amide bonds. The molecular formula is C21H26BrN3O3. The Labute approximate surface area is 174 Å². The van der Waals surface area contributed by atoms with E-state index in [9.17, 15) is 9.59 Å². The first-order chi connectivity index (χ1) is 13.5. The van der Waals surface area contributed by atoms with Gasteiger partial charge in [0.15, 0.2) is 0 Å². The van der Waals surface area contributed by atoms with Crippen LogP contribution in [0.4, 0.5) is 5.69 Å². The van der Waals surface area contributed by atoms with E-state index in [4.69, 9.17) is 4.74 Å². The molecule has 6 nitrogen and oxygen atoms in total. The summed E-state index contributed by atoms with van der Waals surface area (Å²) in [6, 6.07) is 14.5. The zero-order valence-electron chi connectivity index (χ0n) is 16.4. The van der Waals surface area contributed by atoms with Crippen molar-refractivity contribution in [2.45, 2.75) is 13.0 Å².